The number of nitrogens with zero attached hydrogens (tertiary/aromatic N) is 3. The lowest BCUT2D eigenvalue weighted by Crippen LogP contribution is -2.42. The zero-order chi connectivity index (χ0) is 17.5. The number of carbonyl (C=O) groups excluding carboxylic acids is 1. The molecule has 3 aliphatic rings. The van der Waals surface area contributed by atoms with E-state index >= 15 is 0 Å². The summed E-state index contributed by atoms with van der Waals surface area (Å²) in [5, 5.41) is 3.44. The standard InChI is InChI=1S/C20H30N4O.2ClH/c1-16-14-22-7-4-17(16)23-10-3-11-24(13-12-23)18(25)19(2)15-20(19)5-8-21-9-6-20;;/h4,7,14,21H,3,5-6,8-13,15H2,1-2H3;2*1H. The van der Waals surface area contributed by atoms with Crippen molar-refractivity contribution in [2.24, 2.45) is 10.8 Å². The van der Waals surface area contributed by atoms with Gasteiger partial charge in [0.2, 0.25) is 5.91 Å². The summed E-state index contributed by atoms with van der Waals surface area (Å²) in [5.74, 6) is 0.405. The van der Waals surface area contributed by atoms with Gasteiger partial charge < -0.3 is 15.1 Å². The van der Waals surface area contributed by atoms with Gasteiger partial charge in [-0.3, -0.25) is 9.78 Å². The Morgan fingerprint density at radius 2 is 1.89 bits per heavy atom. The minimum Gasteiger partial charge on any atom is -0.369 e. The Bertz CT molecular complexity index is 665. The molecule has 1 spiro atoms. The van der Waals surface area contributed by atoms with Crippen LogP contribution in [-0.2, 0) is 4.79 Å². The smallest absolute Gasteiger partial charge is 0.229 e. The van der Waals surface area contributed by atoms with Crippen LogP contribution in [0.4, 0.5) is 5.69 Å². The number of nitrogens with one attached hydrogen (secondary N) is 1. The van der Waals surface area contributed by atoms with Gasteiger partial charge in [-0.05, 0) is 62.7 Å². The van der Waals surface area contributed by atoms with Gasteiger partial charge >= 0.3 is 0 Å². The lowest BCUT2D eigenvalue weighted by Gasteiger charge is -2.31. The van der Waals surface area contributed by atoms with E-state index in [-0.39, 0.29) is 35.6 Å². The Morgan fingerprint density at radius 1 is 1.15 bits per heavy atom. The van der Waals surface area contributed by atoms with Crippen molar-refractivity contribution < 1.29 is 4.79 Å². The third kappa shape index (κ3) is 3.92. The van der Waals surface area contributed by atoms with Crippen molar-refractivity contribution in [1.29, 1.82) is 0 Å². The van der Waals surface area contributed by atoms with Gasteiger partial charge in [0.25, 0.3) is 0 Å². The highest BCUT2D eigenvalue weighted by atomic mass is 35.5. The van der Waals surface area contributed by atoms with E-state index < -0.39 is 0 Å². The summed E-state index contributed by atoms with van der Waals surface area (Å²) in [6, 6.07) is 2.10. The van der Waals surface area contributed by atoms with E-state index in [1.807, 2.05) is 12.4 Å². The topological polar surface area (TPSA) is 48.5 Å². The molecule has 3 heterocycles. The highest BCUT2D eigenvalue weighted by Crippen LogP contribution is 2.69. The second-order valence-electron chi connectivity index (χ2n) is 8.33. The van der Waals surface area contributed by atoms with Gasteiger partial charge in [0, 0.05) is 44.3 Å². The summed E-state index contributed by atoms with van der Waals surface area (Å²) in [7, 11) is 0. The largest absolute Gasteiger partial charge is 0.369 e. The van der Waals surface area contributed by atoms with Crippen LogP contribution in [-0.4, -0.2) is 55.1 Å². The molecule has 4 rings (SSSR count). The maximum Gasteiger partial charge on any atom is 0.229 e. The first kappa shape index (κ1) is 22.3. The van der Waals surface area contributed by atoms with Crippen molar-refractivity contribution in [2.75, 3.05) is 44.2 Å². The van der Waals surface area contributed by atoms with E-state index in [2.05, 4.69) is 40.0 Å². The van der Waals surface area contributed by atoms with Crippen LogP contribution in [0.15, 0.2) is 18.5 Å². The number of aromatic nitrogens is 1. The first-order chi connectivity index (χ1) is 12.1. The highest BCUT2D eigenvalue weighted by molar-refractivity contribution is 5.87. The SMILES string of the molecule is Cc1cnccc1N1CCCN(C(=O)C2(C)CC23CCNCC3)CC1.Cl.Cl. The first-order valence-corrected chi connectivity index (χ1v) is 9.71. The van der Waals surface area contributed by atoms with Crippen LogP contribution >= 0.6 is 24.8 Å². The number of piperidine rings is 1. The molecular formula is C20H32Cl2N4O. The maximum atomic E-state index is 13.3. The summed E-state index contributed by atoms with van der Waals surface area (Å²) in [5.41, 5.74) is 2.64. The van der Waals surface area contributed by atoms with Crippen molar-refractivity contribution in [3.8, 4) is 0 Å². The Labute approximate surface area is 175 Å². The first-order valence-electron chi connectivity index (χ1n) is 9.71. The molecule has 1 saturated carbocycles. The van der Waals surface area contributed by atoms with Crippen molar-refractivity contribution in [3.05, 3.63) is 24.0 Å². The summed E-state index contributed by atoms with van der Waals surface area (Å²) in [6.07, 6.45) is 8.23. The third-order valence-electron chi connectivity index (χ3n) is 6.88. The average Bonchev–Trinajstić information content (AvgIpc) is 3.28. The predicted octanol–water partition coefficient (Wildman–Crippen LogP) is 3.05. The fourth-order valence-corrected chi connectivity index (χ4v) is 5.10. The van der Waals surface area contributed by atoms with Crippen LogP contribution in [0.3, 0.4) is 0 Å². The van der Waals surface area contributed by atoms with E-state index in [4.69, 9.17) is 0 Å². The number of halogens is 2. The van der Waals surface area contributed by atoms with Crippen LogP contribution in [0.1, 0.15) is 38.2 Å². The normalized spacial score (nSPS) is 26.6. The van der Waals surface area contributed by atoms with Gasteiger partial charge in [0.15, 0.2) is 0 Å². The zero-order valence-corrected chi connectivity index (χ0v) is 18.0. The Kier molecular flexibility index (Phi) is 7.04. The second-order valence-corrected chi connectivity index (χ2v) is 8.33. The van der Waals surface area contributed by atoms with Crippen LogP contribution in [0.5, 0.6) is 0 Å². The molecule has 2 aliphatic heterocycles. The Hall–Kier alpha value is -1.04. The van der Waals surface area contributed by atoms with Crippen LogP contribution in [0.25, 0.3) is 0 Å². The molecule has 1 unspecified atom stereocenters. The fourth-order valence-electron chi connectivity index (χ4n) is 5.10. The summed E-state index contributed by atoms with van der Waals surface area (Å²) in [6.45, 7) is 10.1. The lowest BCUT2D eigenvalue weighted by molar-refractivity contribution is -0.137. The fraction of sp³-hybridized carbons (Fsp3) is 0.700. The Balaban J connectivity index is 0.00000131. The molecule has 0 aromatic carbocycles. The number of anilines is 1. The third-order valence-corrected chi connectivity index (χ3v) is 6.88. The van der Waals surface area contributed by atoms with Gasteiger partial charge in [-0.2, -0.15) is 0 Å². The molecule has 0 bridgehead atoms. The molecule has 7 heteroatoms. The molecule has 2 saturated heterocycles. The van der Waals surface area contributed by atoms with E-state index in [0.717, 1.165) is 65.0 Å². The molecule has 152 valence electrons. The Morgan fingerprint density at radius 3 is 2.59 bits per heavy atom. The minimum absolute atomic E-state index is 0. The summed E-state index contributed by atoms with van der Waals surface area (Å²) < 4.78 is 0. The van der Waals surface area contributed by atoms with Crippen LogP contribution in [0.2, 0.25) is 0 Å². The van der Waals surface area contributed by atoms with Gasteiger partial charge in [0.05, 0.1) is 5.41 Å². The summed E-state index contributed by atoms with van der Waals surface area (Å²) >= 11 is 0. The van der Waals surface area contributed by atoms with Crippen molar-refractivity contribution >= 4 is 36.4 Å². The van der Waals surface area contributed by atoms with E-state index in [1.54, 1.807) is 0 Å². The van der Waals surface area contributed by atoms with E-state index in [0.29, 0.717) is 5.91 Å². The van der Waals surface area contributed by atoms with Crippen LogP contribution in [0, 0.1) is 17.8 Å². The molecule has 1 N–H and O–H groups in total. The number of aryl methyl sites for hydroxylation is 1. The monoisotopic (exact) mass is 414 g/mol. The van der Waals surface area contributed by atoms with Gasteiger partial charge in [-0.15, -0.1) is 24.8 Å². The molecule has 1 aromatic heterocycles. The maximum absolute atomic E-state index is 13.3. The molecule has 1 aliphatic carbocycles. The number of rotatable bonds is 2. The molecule has 1 amide bonds. The average molecular weight is 415 g/mol. The quantitative estimate of drug-likeness (QED) is 0.807. The lowest BCUT2D eigenvalue weighted by atomic mass is 9.85. The minimum atomic E-state index is -0.114. The second kappa shape index (κ2) is 8.54. The molecule has 3 fully saturated rings. The number of hydrogen-bond acceptors (Lipinski definition) is 4. The highest BCUT2D eigenvalue weighted by Gasteiger charge is 2.68. The molecule has 1 atom stereocenters. The molecule has 27 heavy (non-hydrogen) atoms. The van der Waals surface area contributed by atoms with Crippen molar-refractivity contribution in [1.82, 2.24) is 15.2 Å². The molecule has 0 radical (unpaired) electrons. The molecule has 1 aromatic rings. The van der Waals surface area contributed by atoms with Gasteiger partial charge in [-0.1, -0.05) is 6.92 Å². The van der Waals surface area contributed by atoms with Crippen molar-refractivity contribution in [2.45, 2.75) is 39.5 Å². The number of pyridine rings is 1. The number of amides is 1. The van der Waals surface area contributed by atoms with E-state index in [1.165, 1.54) is 11.3 Å². The van der Waals surface area contributed by atoms with Crippen molar-refractivity contribution in [3.63, 3.8) is 0 Å². The number of hydrogen-bond donors (Lipinski definition) is 1. The predicted molar refractivity (Wildman–Crippen MR) is 114 cm³/mol. The van der Waals surface area contributed by atoms with Gasteiger partial charge in [0.1, 0.15) is 0 Å². The molecule has 5 nitrogen and oxygen atoms in total. The zero-order valence-electron chi connectivity index (χ0n) is 16.4. The number of carbonyl (C=O) groups is 1. The summed E-state index contributed by atoms with van der Waals surface area (Å²) in [4.78, 5) is 22.1. The molecular weight excluding hydrogens is 383 g/mol. The van der Waals surface area contributed by atoms with Gasteiger partial charge in [-0.25, -0.2) is 0 Å². The van der Waals surface area contributed by atoms with Crippen LogP contribution < -0.4 is 10.2 Å². The van der Waals surface area contributed by atoms with E-state index in [9.17, 15) is 4.79 Å².